The van der Waals surface area contributed by atoms with Crippen molar-refractivity contribution in [2.24, 2.45) is 0 Å². The van der Waals surface area contributed by atoms with Crippen LogP contribution in [0.3, 0.4) is 0 Å². The molecule has 0 bridgehead atoms. The van der Waals surface area contributed by atoms with Crippen LogP contribution in [0.1, 0.15) is 0 Å². The van der Waals surface area contributed by atoms with Gasteiger partial charge in [0, 0.05) is 61.8 Å². The first-order valence-corrected chi connectivity index (χ1v) is 21.0. The lowest BCUT2D eigenvalue weighted by Crippen LogP contribution is -2.13. The van der Waals surface area contributed by atoms with Gasteiger partial charge in [0.1, 0.15) is 16.9 Å². The first-order chi connectivity index (χ1) is 30.7. The minimum absolute atomic E-state index is 0.806. The molecule has 12 rings (SSSR count). The van der Waals surface area contributed by atoms with Crippen LogP contribution in [0.25, 0.3) is 66.1 Å². The van der Waals surface area contributed by atoms with E-state index >= 15 is 0 Å². The van der Waals surface area contributed by atoms with Crippen LogP contribution in [-0.2, 0) is 0 Å². The zero-order valence-corrected chi connectivity index (χ0v) is 33.7. The Bertz CT molecular complexity index is 3380. The molecule has 1 aromatic heterocycles. The number of fused-ring (bicyclic) bond motifs is 5. The van der Waals surface area contributed by atoms with E-state index in [1.165, 1.54) is 5.56 Å². The van der Waals surface area contributed by atoms with E-state index in [2.05, 4.69) is 228 Å². The summed E-state index contributed by atoms with van der Waals surface area (Å²) in [4.78, 5) is 4.60. The largest absolute Gasteiger partial charge is 0.455 e. The third kappa shape index (κ3) is 6.00. The van der Waals surface area contributed by atoms with Crippen molar-refractivity contribution in [3.8, 4) is 44.9 Å². The second kappa shape index (κ2) is 14.7. The highest BCUT2D eigenvalue weighted by molar-refractivity contribution is 6.10. The van der Waals surface area contributed by atoms with Crippen LogP contribution >= 0.6 is 0 Å². The van der Waals surface area contributed by atoms with Crippen LogP contribution in [-0.4, -0.2) is 0 Å². The lowest BCUT2D eigenvalue weighted by molar-refractivity contribution is 0.488. The second-order valence-corrected chi connectivity index (χ2v) is 15.7. The smallest absolute Gasteiger partial charge is 0.159 e. The number of hydrogen-bond donors (Lipinski definition) is 0. The van der Waals surface area contributed by atoms with Gasteiger partial charge in [-0.25, -0.2) is 0 Å². The van der Waals surface area contributed by atoms with Gasteiger partial charge in [-0.2, -0.15) is 0 Å². The summed E-state index contributed by atoms with van der Waals surface area (Å²) in [6.45, 7) is 0. The summed E-state index contributed by atoms with van der Waals surface area (Å²) < 4.78 is 13.7. The highest BCUT2D eigenvalue weighted by Gasteiger charge is 2.28. The molecule has 0 N–H and O–H groups in total. The Balaban J connectivity index is 1.01. The first kappa shape index (κ1) is 35.6. The molecule has 0 radical (unpaired) electrons. The molecular weight excluding hydrogens is 757 g/mol. The molecule has 0 atom stereocenters. The fourth-order valence-corrected chi connectivity index (χ4v) is 9.13. The van der Waals surface area contributed by atoms with Gasteiger partial charge in [0.15, 0.2) is 5.75 Å². The summed E-state index contributed by atoms with van der Waals surface area (Å²) in [6.07, 6.45) is 0. The molecule has 0 saturated carbocycles. The number of rotatable bonds is 8. The fourth-order valence-electron chi connectivity index (χ4n) is 9.13. The molecule has 4 nitrogen and oxygen atoms in total. The Morgan fingerprint density at radius 2 is 0.903 bits per heavy atom. The van der Waals surface area contributed by atoms with E-state index in [1.54, 1.807) is 0 Å². The van der Waals surface area contributed by atoms with Crippen molar-refractivity contribution in [1.29, 1.82) is 0 Å². The molecule has 2 heterocycles. The second-order valence-electron chi connectivity index (χ2n) is 15.7. The zero-order valence-electron chi connectivity index (χ0n) is 33.7. The van der Waals surface area contributed by atoms with E-state index in [-0.39, 0.29) is 0 Å². The van der Waals surface area contributed by atoms with Gasteiger partial charge >= 0.3 is 0 Å². The normalized spacial score (nSPS) is 11.7. The summed E-state index contributed by atoms with van der Waals surface area (Å²) in [5.41, 5.74) is 14.6. The average molecular weight is 795 g/mol. The third-order valence-electron chi connectivity index (χ3n) is 12.0. The number of furan rings is 1. The van der Waals surface area contributed by atoms with Crippen molar-refractivity contribution in [2.45, 2.75) is 0 Å². The Morgan fingerprint density at radius 3 is 1.63 bits per heavy atom. The molecule has 0 spiro atoms. The van der Waals surface area contributed by atoms with Crippen LogP contribution < -0.4 is 14.5 Å². The molecule has 1 aliphatic heterocycles. The van der Waals surface area contributed by atoms with Crippen LogP contribution in [0, 0.1) is 0 Å². The maximum Gasteiger partial charge on any atom is 0.159 e. The summed E-state index contributed by atoms with van der Waals surface area (Å²) in [5.74, 6) is 1.62. The number of hydrogen-bond acceptors (Lipinski definition) is 4. The number of ether oxygens (including phenoxy) is 1. The molecular formula is C58H38N2O2. The van der Waals surface area contributed by atoms with E-state index in [9.17, 15) is 0 Å². The van der Waals surface area contributed by atoms with Crippen molar-refractivity contribution < 1.29 is 9.15 Å². The predicted molar refractivity (Wildman–Crippen MR) is 257 cm³/mol. The van der Waals surface area contributed by atoms with E-state index in [0.717, 1.165) is 106 Å². The van der Waals surface area contributed by atoms with Gasteiger partial charge in [0.2, 0.25) is 0 Å². The van der Waals surface area contributed by atoms with Gasteiger partial charge < -0.3 is 19.0 Å². The van der Waals surface area contributed by atoms with Crippen molar-refractivity contribution in [3.05, 3.63) is 231 Å². The molecule has 0 fully saturated rings. The lowest BCUT2D eigenvalue weighted by Gasteiger charge is -2.32. The molecule has 10 aromatic carbocycles. The Kier molecular flexibility index (Phi) is 8.46. The summed E-state index contributed by atoms with van der Waals surface area (Å²) >= 11 is 0. The van der Waals surface area contributed by atoms with Gasteiger partial charge in [-0.1, -0.05) is 152 Å². The van der Waals surface area contributed by atoms with E-state index in [0.29, 0.717) is 0 Å². The minimum Gasteiger partial charge on any atom is -0.455 e. The highest BCUT2D eigenvalue weighted by Crippen LogP contribution is 2.54. The SMILES string of the molecule is c1ccc(-c2ccc(N(c3ccc(-c4cccc5c4oc4ccccc45)cc3)c3ccc4cccc5c4c3Oc3cc(N(c4ccccc4)c4ccccc4)ccc3-5)cc2)cc1. The van der Waals surface area contributed by atoms with E-state index in [1.807, 2.05) is 12.1 Å². The van der Waals surface area contributed by atoms with Gasteiger partial charge in [0.25, 0.3) is 0 Å². The van der Waals surface area contributed by atoms with E-state index < -0.39 is 0 Å². The van der Waals surface area contributed by atoms with Gasteiger partial charge in [-0.3, -0.25) is 0 Å². The molecule has 62 heavy (non-hydrogen) atoms. The standard InChI is InChI=1S/C58H38N2O2/c1-4-14-39(15-5-1)40-26-31-45(32-27-40)60(46-33-28-41(29-34-46)48-22-13-24-52-49-21-10-11-25-54(49)61-57(48)52)53-37-30-42-16-12-23-51-50-36-35-47(38-55(50)62-58(53)56(42)51)59(43-17-6-2-7-18-43)44-19-8-3-9-20-44/h1-38H. The number of para-hydroxylation sites is 4. The third-order valence-corrected chi connectivity index (χ3v) is 12.0. The topological polar surface area (TPSA) is 28.9 Å². The molecule has 4 heteroatoms. The molecule has 1 aliphatic rings. The average Bonchev–Trinajstić information content (AvgIpc) is 3.73. The zero-order chi connectivity index (χ0) is 41.0. The predicted octanol–water partition coefficient (Wildman–Crippen LogP) is 16.8. The van der Waals surface area contributed by atoms with Gasteiger partial charge in [0.05, 0.1) is 5.69 Å². The number of benzene rings is 10. The monoisotopic (exact) mass is 794 g/mol. The Morgan fingerprint density at radius 1 is 0.339 bits per heavy atom. The van der Waals surface area contributed by atoms with Crippen LogP contribution in [0.4, 0.5) is 34.1 Å². The van der Waals surface area contributed by atoms with Crippen LogP contribution in [0.15, 0.2) is 235 Å². The van der Waals surface area contributed by atoms with Crippen molar-refractivity contribution >= 4 is 66.8 Å². The summed E-state index contributed by atoms with van der Waals surface area (Å²) in [5, 5.41) is 4.45. The van der Waals surface area contributed by atoms with Gasteiger partial charge in [-0.15, -0.1) is 0 Å². The van der Waals surface area contributed by atoms with Crippen LogP contribution in [0.2, 0.25) is 0 Å². The van der Waals surface area contributed by atoms with Crippen molar-refractivity contribution in [2.75, 3.05) is 9.80 Å². The number of anilines is 6. The molecule has 292 valence electrons. The minimum atomic E-state index is 0.806. The summed E-state index contributed by atoms with van der Waals surface area (Å²) in [6, 6.07) is 81.3. The fraction of sp³-hybridized carbons (Fsp3) is 0. The molecule has 11 aromatic rings. The number of nitrogens with zero attached hydrogens (tertiary/aromatic N) is 2. The Hall–Kier alpha value is -8.34. The summed E-state index contributed by atoms with van der Waals surface area (Å²) in [7, 11) is 0. The maximum absolute atomic E-state index is 7.25. The molecule has 0 amide bonds. The molecule has 0 aliphatic carbocycles. The molecule has 0 unspecified atom stereocenters. The quantitative estimate of drug-likeness (QED) is 0.153. The highest BCUT2D eigenvalue weighted by atomic mass is 16.5. The lowest BCUT2D eigenvalue weighted by atomic mass is 9.93. The molecule has 0 saturated heterocycles. The van der Waals surface area contributed by atoms with Crippen molar-refractivity contribution in [3.63, 3.8) is 0 Å². The first-order valence-electron chi connectivity index (χ1n) is 21.0. The van der Waals surface area contributed by atoms with Crippen molar-refractivity contribution in [1.82, 2.24) is 0 Å². The van der Waals surface area contributed by atoms with Crippen LogP contribution in [0.5, 0.6) is 11.5 Å². The van der Waals surface area contributed by atoms with Gasteiger partial charge in [-0.05, 0) is 100 Å². The maximum atomic E-state index is 7.25. The Labute approximate surface area is 359 Å². The van der Waals surface area contributed by atoms with E-state index in [4.69, 9.17) is 9.15 Å².